The maximum absolute atomic E-state index is 13.3. The van der Waals surface area contributed by atoms with Crippen LogP contribution in [-0.4, -0.2) is 7.11 Å². The molecule has 0 atom stereocenters. The quantitative estimate of drug-likeness (QED) is 0.545. The highest BCUT2D eigenvalue weighted by Gasteiger charge is 2.13. The molecule has 0 amide bonds. The van der Waals surface area contributed by atoms with Gasteiger partial charge in [-0.1, -0.05) is 12.1 Å². The fraction of sp³-hybridized carbons (Fsp3) is 0.0909. The van der Waals surface area contributed by atoms with Crippen molar-refractivity contribution in [3.63, 3.8) is 0 Å². The van der Waals surface area contributed by atoms with Crippen LogP contribution in [0.4, 0.5) is 4.39 Å². The lowest BCUT2D eigenvalue weighted by atomic mass is 10.1. The van der Waals surface area contributed by atoms with Gasteiger partial charge in [-0.15, -0.1) is 0 Å². The van der Waals surface area contributed by atoms with Gasteiger partial charge in [-0.05, 0) is 12.1 Å². The molecule has 0 radical (unpaired) electrons. The minimum Gasteiger partial charge on any atom is -0.494 e. The van der Waals surface area contributed by atoms with E-state index in [4.69, 9.17) is 15.3 Å². The second-order valence-electron chi connectivity index (χ2n) is 2.61. The highest BCUT2D eigenvalue weighted by molar-refractivity contribution is 5.70. The number of hydrogen-bond donors (Lipinski definition) is 0. The summed E-state index contributed by atoms with van der Waals surface area (Å²) in [6.45, 7) is 0. The van der Waals surface area contributed by atoms with Crippen molar-refractivity contribution in [2.24, 2.45) is 0 Å². The van der Waals surface area contributed by atoms with Crippen LogP contribution in [0.5, 0.6) is 0 Å². The van der Waals surface area contributed by atoms with E-state index in [0.717, 1.165) is 0 Å². The molecule has 0 spiro atoms. The summed E-state index contributed by atoms with van der Waals surface area (Å²) in [5.74, 6) is -0.574. The van der Waals surface area contributed by atoms with Crippen molar-refractivity contribution in [2.45, 2.75) is 0 Å². The molecule has 0 saturated carbocycles. The van der Waals surface area contributed by atoms with Crippen molar-refractivity contribution in [1.82, 2.24) is 0 Å². The van der Waals surface area contributed by atoms with E-state index in [2.05, 4.69) is 0 Å². The largest absolute Gasteiger partial charge is 0.494 e. The Morgan fingerprint density at radius 2 is 1.87 bits per heavy atom. The summed E-state index contributed by atoms with van der Waals surface area (Å²) in [7, 11) is 1.29. The summed E-state index contributed by atoms with van der Waals surface area (Å²) < 4.78 is 18.2. The van der Waals surface area contributed by atoms with Crippen LogP contribution in [0.2, 0.25) is 0 Å². The van der Waals surface area contributed by atoms with E-state index in [1.165, 1.54) is 25.3 Å². The van der Waals surface area contributed by atoms with E-state index in [1.54, 1.807) is 18.2 Å². The minimum absolute atomic E-state index is 0.0434. The van der Waals surface area contributed by atoms with E-state index < -0.39 is 5.82 Å². The van der Waals surface area contributed by atoms with Gasteiger partial charge in [0.1, 0.15) is 18.0 Å². The van der Waals surface area contributed by atoms with Crippen molar-refractivity contribution in [3.8, 4) is 12.1 Å². The number of nitriles is 2. The molecule has 4 heteroatoms. The molecular formula is C11H7FN2O. The SMILES string of the molecule is COC(=C(C#N)C#N)c1ccccc1F. The maximum atomic E-state index is 13.3. The number of nitrogens with zero attached hydrogens (tertiary/aromatic N) is 2. The Kier molecular flexibility index (Phi) is 3.43. The van der Waals surface area contributed by atoms with Crippen molar-refractivity contribution in [1.29, 1.82) is 10.5 Å². The minimum atomic E-state index is -0.530. The summed E-state index contributed by atoms with van der Waals surface area (Å²) in [5, 5.41) is 17.3. The summed E-state index contributed by atoms with van der Waals surface area (Å²) in [4.78, 5) is 0. The molecule has 0 aliphatic heterocycles. The lowest BCUT2D eigenvalue weighted by molar-refractivity contribution is 0.366. The van der Waals surface area contributed by atoms with Crippen molar-refractivity contribution < 1.29 is 9.13 Å². The lowest BCUT2D eigenvalue weighted by Gasteiger charge is -2.06. The first-order chi connectivity index (χ1) is 7.24. The fourth-order valence-electron chi connectivity index (χ4n) is 1.12. The van der Waals surface area contributed by atoms with Gasteiger partial charge in [-0.3, -0.25) is 0 Å². The molecule has 0 fully saturated rings. The molecule has 0 heterocycles. The number of benzene rings is 1. The van der Waals surface area contributed by atoms with Crippen LogP contribution in [-0.2, 0) is 4.74 Å². The monoisotopic (exact) mass is 202 g/mol. The van der Waals surface area contributed by atoms with Gasteiger partial charge in [-0.25, -0.2) is 4.39 Å². The molecule has 0 unspecified atom stereocenters. The van der Waals surface area contributed by atoms with Crippen LogP contribution in [0.1, 0.15) is 5.56 Å². The van der Waals surface area contributed by atoms with Crippen molar-refractivity contribution >= 4 is 5.76 Å². The predicted molar refractivity (Wildman–Crippen MR) is 51.6 cm³/mol. The summed E-state index contributed by atoms with van der Waals surface area (Å²) in [5.41, 5.74) is -0.138. The summed E-state index contributed by atoms with van der Waals surface area (Å²) in [6.07, 6.45) is 0. The molecule has 0 bridgehead atoms. The molecule has 0 saturated heterocycles. The number of halogens is 1. The Morgan fingerprint density at radius 1 is 1.27 bits per heavy atom. The Balaban J connectivity index is 3.40. The van der Waals surface area contributed by atoms with E-state index in [9.17, 15) is 4.39 Å². The van der Waals surface area contributed by atoms with Crippen molar-refractivity contribution in [2.75, 3.05) is 7.11 Å². The third-order valence-electron chi connectivity index (χ3n) is 1.77. The zero-order chi connectivity index (χ0) is 11.3. The molecule has 3 nitrogen and oxygen atoms in total. The van der Waals surface area contributed by atoms with Crippen LogP contribution < -0.4 is 0 Å². The number of methoxy groups -OCH3 is 1. The third-order valence-corrected chi connectivity index (χ3v) is 1.77. The van der Waals surface area contributed by atoms with Gasteiger partial charge in [0.15, 0.2) is 11.3 Å². The zero-order valence-corrected chi connectivity index (χ0v) is 7.99. The summed E-state index contributed by atoms with van der Waals surface area (Å²) >= 11 is 0. The van der Waals surface area contributed by atoms with Crippen molar-refractivity contribution in [3.05, 3.63) is 41.2 Å². The predicted octanol–water partition coefficient (Wildman–Crippen LogP) is 2.23. The molecule has 15 heavy (non-hydrogen) atoms. The molecule has 0 aliphatic rings. The van der Waals surface area contributed by atoms with Crippen LogP contribution in [0.3, 0.4) is 0 Å². The zero-order valence-electron chi connectivity index (χ0n) is 7.99. The number of hydrogen-bond acceptors (Lipinski definition) is 3. The summed E-state index contributed by atoms with van der Waals surface area (Å²) in [6, 6.07) is 9.11. The first-order valence-electron chi connectivity index (χ1n) is 4.08. The van der Waals surface area contributed by atoms with Crippen LogP contribution in [0, 0.1) is 28.5 Å². The second kappa shape index (κ2) is 4.78. The molecule has 0 N–H and O–H groups in total. The Hall–Kier alpha value is -2.33. The smallest absolute Gasteiger partial charge is 0.172 e. The van der Waals surface area contributed by atoms with Crippen LogP contribution in [0.15, 0.2) is 29.8 Å². The number of ether oxygens (including phenoxy) is 1. The highest BCUT2D eigenvalue weighted by Crippen LogP contribution is 2.21. The molecule has 1 aromatic carbocycles. The van der Waals surface area contributed by atoms with Crippen LogP contribution in [0.25, 0.3) is 5.76 Å². The standard InChI is InChI=1S/C11H7FN2O/c1-15-11(8(6-13)7-14)9-4-2-3-5-10(9)12/h2-5H,1H3. The average Bonchev–Trinajstić information content (AvgIpc) is 2.27. The molecule has 0 aromatic heterocycles. The van der Waals surface area contributed by atoms with E-state index in [1.807, 2.05) is 0 Å². The first-order valence-corrected chi connectivity index (χ1v) is 4.08. The van der Waals surface area contributed by atoms with Gasteiger partial charge in [0.2, 0.25) is 0 Å². The average molecular weight is 202 g/mol. The van der Waals surface area contributed by atoms with Crippen LogP contribution >= 0.6 is 0 Å². The molecular weight excluding hydrogens is 195 g/mol. The normalized spacial score (nSPS) is 8.53. The molecule has 74 valence electrons. The van der Waals surface area contributed by atoms with E-state index in [-0.39, 0.29) is 16.9 Å². The highest BCUT2D eigenvalue weighted by atomic mass is 19.1. The second-order valence-corrected chi connectivity index (χ2v) is 2.61. The topological polar surface area (TPSA) is 56.8 Å². The van der Waals surface area contributed by atoms with Gasteiger partial charge in [-0.2, -0.15) is 10.5 Å². The van der Waals surface area contributed by atoms with Gasteiger partial charge in [0.05, 0.1) is 12.7 Å². The van der Waals surface area contributed by atoms with Gasteiger partial charge in [0.25, 0.3) is 0 Å². The van der Waals surface area contributed by atoms with Gasteiger partial charge < -0.3 is 4.74 Å². The maximum Gasteiger partial charge on any atom is 0.172 e. The Labute approximate surface area is 86.6 Å². The van der Waals surface area contributed by atoms with E-state index in [0.29, 0.717) is 0 Å². The Morgan fingerprint density at radius 3 is 2.33 bits per heavy atom. The van der Waals surface area contributed by atoms with Gasteiger partial charge in [0, 0.05) is 0 Å². The third kappa shape index (κ3) is 2.12. The number of rotatable bonds is 2. The molecule has 1 rings (SSSR count). The molecule has 0 aliphatic carbocycles. The lowest BCUT2D eigenvalue weighted by Crippen LogP contribution is -1.95. The molecule has 1 aromatic rings. The number of allylic oxidation sites excluding steroid dienone is 1. The Bertz CT molecular complexity index is 464. The van der Waals surface area contributed by atoms with Gasteiger partial charge >= 0.3 is 0 Å². The van der Waals surface area contributed by atoms with E-state index >= 15 is 0 Å². The fourth-order valence-corrected chi connectivity index (χ4v) is 1.12. The first kappa shape index (κ1) is 10.7.